The minimum absolute atomic E-state index is 0.253. The molecule has 3 unspecified atom stereocenters. The van der Waals surface area contributed by atoms with Gasteiger partial charge in [0, 0.05) is 11.6 Å². The highest BCUT2D eigenvalue weighted by Gasteiger charge is 2.45. The molecule has 0 saturated heterocycles. The molecule has 4 nitrogen and oxygen atoms in total. The molecule has 0 bridgehead atoms. The maximum Gasteiger partial charge on any atom is 0.307 e. The zero-order valence-corrected chi connectivity index (χ0v) is 19.9. The Bertz CT molecular complexity index is 1140. The van der Waals surface area contributed by atoms with E-state index in [9.17, 15) is 14.7 Å². The van der Waals surface area contributed by atoms with E-state index in [4.69, 9.17) is 0 Å². The van der Waals surface area contributed by atoms with Crippen molar-refractivity contribution in [3.05, 3.63) is 108 Å². The second-order valence-corrected chi connectivity index (χ2v) is 13.6. The summed E-state index contributed by atoms with van der Waals surface area (Å²) in [6, 6.07) is 29.4. The highest BCUT2D eigenvalue weighted by atomic mass is 28.3. The van der Waals surface area contributed by atoms with Gasteiger partial charge in [-0.3, -0.25) is 9.59 Å². The number of carboxylic acid groups (broad SMARTS) is 1. The number of aliphatic carboxylic acids is 1. The van der Waals surface area contributed by atoms with Gasteiger partial charge in [-0.05, 0) is 24.1 Å². The molecule has 3 aromatic rings. The highest BCUT2D eigenvalue weighted by Crippen LogP contribution is 2.43. The van der Waals surface area contributed by atoms with E-state index in [2.05, 4.69) is 36.6 Å². The van der Waals surface area contributed by atoms with Gasteiger partial charge in [-0.1, -0.05) is 108 Å². The molecule has 1 amide bonds. The Morgan fingerprint density at radius 3 is 1.97 bits per heavy atom. The van der Waals surface area contributed by atoms with Gasteiger partial charge in [0.25, 0.3) is 0 Å². The molecule has 3 atom stereocenters. The summed E-state index contributed by atoms with van der Waals surface area (Å²) in [4.78, 5) is 26.0. The molecule has 2 N–H and O–H groups in total. The van der Waals surface area contributed by atoms with Crippen LogP contribution in [0.2, 0.25) is 13.1 Å². The van der Waals surface area contributed by atoms with E-state index < -0.39 is 25.9 Å². The van der Waals surface area contributed by atoms with Gasteiger partial charge >= 0.3 is 5.97 Å². The third kappa shape index (κ3) is 4.83. The fraction of sp³-hybridized carbons (Fsp3) is 0.214. The monoisotopic (exact) mass is 455 g/mol. The number of amides is 1. The number of carbonyl (C=O) groups is 2. The zero-order valence-electron chi connectivity index (χ0n) is 18.9. The molecule has 3 aromatic carbocycles. The smallest absolute Gasteiger partial charge is 0.307 e. The zero-order chi connectivity index (χ0) is 23.4. The summed E-state index contributed by atoms with van der Waals surface area (Å²) in [7, 11) is -2.11. The normalized spacial score (nSPS) is 20.5. The van der Waals surface area contributed by atoms with E-state index in [0.29, 0.717) is 12.1 Å². The first-order chi connectivity index (χ1) is 15.9. The van der Waals surface area contributed by atoms with Gasteiger partial charge in [-0.15, -0.1) is 0 Å². The molecule has 0 aliphatic heterocycles. The molecule has 5 heteroatoms. The molecule has 168 valence electrons. The minimum Gasteiger partial charge on any atom is -0.481 e. The van der Waals surface area contributed by atoms with E-state index in [1.807, 2.05) is 78.9 Å². The van der Waals surface area contributed by atoms with Crippen molar-refractivity contribution in [2.75, 3.05) is 5.32 Å². The number of nitrogens with one attached hydrogen (secondary N) is 1. The van der Waals surface area contributed by atoms with Gasteiger partial charge in [0.2, 0.25) is 5.91 Å². The van der Waals surface area contributed by atoms with Gasteiger partial charge in [0.1, 0.15) is 8.07 Å². The Hall–Kier alpha value is -3.44. The lowest BCUT2D eigenvalue weighted by Gasteiger charge is -2.39. The Balaban J connectivity index is 1.79. The first kappa shape index (κ1) is 22.7. The van der Waals surface area contributed by atoms with Crippen LogP contribution < -0.4 is 10.5 Å². The van der Waals surface area contributed by atoms with Crippen molar-refractivity contribution in [1.29, 1.82) is 0 Å². The lowest BCUT2D eigenvalue weighted by Crippen LogP contribution is -2.48. The van der Waals surface area contributed by atoms with Gasteiger partial charge in [0.05, 0.1) is 11.8 Å². The maximum atomic E-state index is 13.5. The van der Waals surface area contributed by atoms with E-state index in [1.165, 1.54) is 10.4 Å². The van der Waals surface area contributed by atoms with Gasteiger partial charge in [-0.2, -0.15) is 0 Å². The first-order valence-electron chi connectivity index (χ1n) is 11.3. The highest BCUT2D eigenvalue weighted by molar-refractivity contribution is 6.95. The van der Waals surface area contributed by atoms with Crippen LogP contribution in [0.5, 0.6) is 0 Å². The summed E-state index contributed by atoms with van der Waals surface area (Å²) in [5.41, 5.74) is 1.64. The molecule has 0 spiro atoms. The summed E-state index contributed by atoms with van der Waals surface area (Å²) < 4.78 is 0. The molecule has 33 heavy (non-hydrogen) atoms. The van der Waals surface area contributed by atoms with Crippen molar-refractivity contribution < 1.29 is 14.7 Å². The maximum absolute atomic E-state index is 13.5. The fourth-order valence-corrected chi connectivity index (χ4v) is 7.54. The topological polar surface area (TPSA) is 66.4 Å². The van der Waals surface area contributed by atoms with Crippen molar-refractivity contribution in [3.63, 3.8) is 0 Å². The predicted molar refractivity (Wildman–Crippen MR) is 135 cm³/mol. The molecular formula is C28H29NO3Si. The number of allylic oxidation sites excluding steroid dienone is 2. The van der Waals surface area contributed by atoms with Crippen LogP contribution in [-0.4, -0.2) is 25.1 Å². The van der Waals surface area contributed by atoms with Crippen molar-refractivity contribution in [3.8, 4) is 0 Å². The fourth-order valence-electron chi connectivity index (χ4n) is 4.82. The van der Waals surface area contributed by atoms with Crippen LogP contribution in [0.15, 0.2) is 102 Å². The average Bonchev–Trinajstić information content (AvgIpc) is 2.84. The number of rotatable bonds is 6. The third-order valence-corrected chi connectivity index (χ3v) is 10.5. The summed E-state index contributed by atoms with van der Waals surface area (Å²) in [5.74, 6) is -2.98. The van der Waals surface area contributed by atoms with Crippen LogP contribution in [0.4, 0.5) is 5.69 Å². The SMILES string of the molecule is C[Si](C)(C1=CC(c2ccccc2)C(C(=O)Nc2ccccc2)C(C(=O)O)C1)c1ccccc1. The van der Waals surface area contributed by atoms with E-state index >= 15 is 0 Å². The van der Waals surface area contributed by atoms with E-state index in [0.717, 1.165) is 5.56 Å². The number of anilines is 1. The predicted octanol–water partition coefficient (Wildman–Crippen LogP) is 5.21. The molecule has 0 fully saturated rings. The number of hydrogen-bond donors (Lipinski definition) is 2. The average molecular weight is 456 g/mol. The second kappa shape index (κ2) is 9.59. The largest absolute Gasteiger partial charge is 0.481 e. The van der Waals surface area contributed by atoms with Crippen LogP contribution >= 0.6 is 0 Å². The molecule has 0 aromatic heterocycles. The number of benzene rings is 3. The minimum atomic E-state index is -2.11. The first-order valence-corrected chi connectivity index (χ1v) is 14.3. The van der Waals surface area contributed by atoms with Crippen molar-refractivity contribution in [1.82, 2.24) is 0 Å². The van der Waals surface area contributed by atoms with Gasteiger partial charge < -0.3 is 10.4 Å². The Kier molecular flexibility index (Phi) is 6.61. The van der Waals surface area contributed by atoms with Crippen LogP contribution in [0.1, 0.15) is 17.9 Å². The van der Waals surface area contributed by atoms with E-state index in [1.54, 1.807) is 0 Å². The lowest BCUT2D eigenvalue weighted by molar-refractivity contribution is -0.146. The standard InChI is InChI=1S/C28H29NO3Si/c1-33(2,22-16-10-5-11-17-22)23-18-24(20-12-6-3-7-13-20)26(25(19-23)28(31)32)27(30)29-21-14-8-4-9-15-21/h3-18,24-26H,19H2,1-2H3,(H,29,30)(H,31,32). The van der Waals surface area contributed by atoms with Crippen LogP contribution in [0.25, 0.3) is 0 Å². The Morgan fingerprint density at radius 1 is 0.848 bits per heavy atom. The number of para-hydroxylation sites is 1. The quantitative estimate of drug-likeness (QED) is 0.502. The second-order valence-electron chi connectivity index (χ2n) is 9.15. The van der Waals surface area contributed by atoms with E-state index in [-0.39, 0.29) is 11.8 Å². The molecule has 4 rings (SSSR count). The van der Waals surface area contributed by atoms with Crippen molar-refractivity contribution in [2.45, 2.75) is 25.4 Å². The molecule has 1 aliphatic carbocycles. The van der Waals surface area contributed by atoms with Crippen molar-refractivity contribution in [2.24, 2.45) is 11.8 Å². The van der Waals surface area contributed by atoms with Crippen molar-refractivity contribution >= 4 is 30.8 Å². The van der Waals surface area contributed by atoms with Crippen LogP contribution in [0, 0.1) is 11.8 Å². The Morgan fingerprint density at radius 2 is 1.39 bits per heavy atom. The summed E-state index contributed by atoms with van der Waals surface area (Å²) in [6.07, 6.45) is 2.59. The van der Waals surface area contributed by atoms with Crippen LogP contribution in [-0.2, 0) is 9.59 Å². The molecular weight excluding hydrogens is 426 g/mol. The molecule has 1 aliphatic rings. The molecule has 0 radical (unpaired) electrons. The van der Waals surface area contributed by atoms with Gasteiger partial charge in [-0.25, -0.2) is 0 Å². The number of carbonyl (C=O) groups excluding carboxylic acids is 1. The lowest BCUT2D eigenvalue weighted by atomic mass is 9.72. The number of hydrogen-bond acceptors (Lipinski definition) is 2. The summed E-state index contributed by atoms with van der Waals surface area (Å²) in [5, 5.41) is 15.7. The molecule has 0 heterocycles. The Labute approximate surface area is 196 Å². The number of carboxylic acids is 1. The molecule has 0 saturated carbocycles. The van der Waals surface area contributed by atoms with Crippen LogP contribution in [0.3, 0.4) is 0 Å². The van der Waals surface area contributed by atoms with Gasteiger partial charge in [0.15, 0.2) is 0 Å². The third-order valence-electron chi connectivity index (χ3n) is 6.78. The summed E-state index contributed by atoms with van der Waals surface area (Å²) in [6.45, 7) is 4.53. The summed E-state index contributed by atoms with van der Waals surface area (Å²) >= 11 is 0.